The van der Waals surface area contributed by atoms with Crippen molar-refractivity contribution >= 4 is 0 Å². The second kappa shape index (κ2) is 5.17. The van der Waals surface area contributed by atoms with Crippen LogP contribution in [0.25, 0.3) is 0 Å². The van der Waals surface area contributed by atoms with Gasteiger partial charge in [0.25, 0.3) is 0 Å². The Balaban J connectivity index is 1.86. The van der Waals surface area contributed by atoms with Crippen LogP contribution < -0.4 is 5.32 Å². The highest BCUT2D eigenvalue weighted by Gasteiger charge is 2.35. The molecule has 92 valence electrons. The van der Waals surface area contributed by atoms with E-state index in [4.69, 9.17) is 0 Å². The number of rotatable bonds is 4. The third kappa shape index (κ3) is 2.57. The van der Waals surface area contributed by atoms with Crippen LogP contribution >= 0.6 is 0 Å². The Hall–Kier alpha value is -0.570. The fourth-order valence-corrected chi connectivity index (χ4v) is 2.79. The molecule has 0 spiro atoms. The highest BCUT2D eigenvalue weighted by atomic mass is 19.1. The van der Waals surface area contributed by atoms with Gasteiger partial charge in [0.1, 0.15) is 6.17 Å². The second-order valence-electron chi connectivity index (χ2n) is 5.16. The molecule has 2 nitrogen and oxygen atoms in total. The molecule has 1 fully saturated rings. The standard InChI is InChI=1S/C13H23FN2/c1-3-16(2)7-6-10-9-15-13-5-4-11(14)8-12(10)13/h9,11-13,15H,3-8H2,1-2H3. The Bertz CT molecular complexity index is 265. The van der Waals surface area contributed by atoms with Crippen LogP contribution in [0.3, 0.4) is 0 Å². The van der Waals surface area contributed by atoms with E-state index in [1.54, 1.807) is 0 Å². The van der Waals surface area contributed by atoms with E-state index >= 15 is 0 Å². The first kappa shape index (κ1) is 11.9. The molecule has 1 aliphatic carbocycles. The molecule has 3 heteroatoms. The first-order chi connectivity index (χ1) is 7.70. The minimum Gasteiger partial charge on any atom is -0.388 e. The molecule has 1 heterocycles. The van der Waals surface area contributed by atoms with Gasteiger partial charge in [0, 0.05) is 18.5 Å². The van der Waals surface area contributed by atoms with E-state index in [9.17, 15) is 4.39 Å². The lowest BCUT2D eigenvalue weighted by molar-refractivity contribution is 0.192. The van der Waals surface area contributed by atoms with Crippen molar-refractivity contribution in [3.63, 3.8) is 0 Å². The molecule has 16 heavy (non-hydrogen) atoms. The van der Waals surface area contributed by atoms with Crippen LogP contribution in [0.2, 0.25) is 0 Å². The first-order valence-electron chi connectivity index (χ1n) is 6.48. The number of fused-ring (bicyclic) bond motifs is 1. The number of nitrogens with zero attached hydrogens (tertiary/aromatic N) is 1. The van der Waals surface area contributed by atoms with Gasteiger partial charge in [-0.25, -0.2) is 4.39 Å². The van der Waals surface area contributed by atoms with Gasteiger partial charge in [-0.15, -0.1) is 0 Å². The normalized spacial score (nSPS) is 33.5. The van der Waals surface area contributed by atoms with Crippen LogP contribution in [0, 0.1) is 5.92 Å². The zero-order chi connectivity index (χ0) is 11.5. The predicted molar refractivity (Wildman–Crippen MR) is 65.0 cm³/mol. The fourth-order valence-electron chi connectivity index (χ4n) is 2.79. The third-order valence-corrected chi connectivity index (χ3v) is 4.07. The molecule has 2 rings (SSSR count). The van der Waals surface area contributed by atoms with Crippen molar-refractivity contribution in [2.75, 3.05) is 20.1 Å². The molecule has 1 N–H and O–H groups in total. The number of nitrogens with one attached hydrogen (secondary N) is 1. The van der Waals surface area contributed by atoms with Crippen LogP contribution in [0.4, 0.5) is 4.39 Å². The number of hydrogen-bond donors (Lipinski definition) is 1. The van der Waals surface area contributed by atoms with Gasteiger partial charge >= 0.3 is 0 Å². The average Bonchev–Trinajstić information content (AvgIpc) is 2.68. The molecule has 0 aromatic carbocycles. The predicted octanol–water partition coefficient (Wildman–Crippen LogP) is 2.32. The molecule has 0 saturated heterocycles. The quantitative estimate of drug-likeness (QED) is 0.791. The Morgan fingerprint density at radius 3 is 3.06 bits per heavy atom. The number of halogens is 1. The molecule has 0 bridgehead atoms. The molecule has 3 unspecified atom stereocenters. The summed E-state index contributed by atoms with van der Waals surface area (Å²) in [5.74, 6) is 0.467. The van der Waals surface area contributed by atoms with Crippen molar-refractivity contribution in [2.45, 2.75) is 44.8 Å². The lowest BCUT2D eigenvalue weighted by atomic mass is 9.80. The van der Waals surface area contributed by atoms with Crippen LogP contribution in [-0.4, -0.2) is 37.3 Å². The molecule has 3 atom stereocenters. The summed E-state index contributed by atoms with van der Waals surface area (Å²) in [7, 11) is 2.14. The number of alkyl halides is 1. The second-order valence-corrected chi connectivity index (χ2v) is 5.16. The maximum atomic E-state index is 13.4. The van der Waals surface area contributed by atoms with Crippen LogP contribution in [0.5, 0.6) is 0 Å². The van der Waals surface area contributed by atoms with E-state index in [0.717, 1.165) is 38.8 Å². The molecule has 2 aliphatic rings. The van der Waals surface area contributed by atoms with Crippen molar-refractivity contribution in [3.8, 4) is 0 Å². The molecule has 0 amide bonds. The smallest absolute Gasteiger partial charge is 0.101 e. The van der Waals surface area contributed by atoms with Crippen molar-refractivity contribution in [1.82, 2.24) is 10.2 Å². The van der Waals surface area contributed by atoms with Gasteiger partial charge in [-0.1, -0.05) is 6.92 Å². The van der Waals surface area contributed by atoms with Crippen LogP contribution in [0.15, 0.2) is 11.8 Å². The Labute approximate surface area is 97.9 Å². The molecule has 1 aliphatic heterocycles. The van der Waals surface area contributed by atoms with Crippen molar-refractivity contribution in [3.05, 3.63) is 11.8 Å². The van der Waals surface area contributed by atoms with E-state index < -0.39 is 6.17 Å². The van der Waals surface area contributed by atoms with Gasteiger partial charge in [0.2, 0.25) is 0 Å². The van der Waals surface area contributed by atoms with E-state index in [0.29, 0.717) is 12.0 Å². The zero-order valence-electron chi connectivity index (χ0n) is 10.4. The van der Waals surface area contributed by atoms with Crippen molar-refractivity contribution in [2.24, 2.45) is 5.92 Å². The van der Waals surface area contributed by atoms with Gasteiger partial charge in [-0.05, 0) is 51.0 Å². The molecule has 0 aromatic rings. The van der Waals surface area contributed by atoms with Gasteiger partial charge in [-0.3, -0.25) is 0 Å². The van der Waals surface area contributed by atoms with Crippen LogP contribution in [-0.2, 0) is 0 Å². The fraction of sp³-hybridized carbons (Fsp3) is 0.846. The van der Waals surface area contributed by atoms with Crippen molar-refractivity contribution in [1.29, 1.82) is 0 Å². The monoisotopic (exact) mass is 226 g/mol. The molecular formula is C13H23FN2. The largest absolute Gasteiger partial charge is 0.388 e. The molecule has 1 saturated carbocycles. The Morgan fingerprint density at radius 2 is 2.31 bits per heavy atom. The summed E-state index contributed by atoms with van der Waals surface area (Å²) in [4.78, 5) is 2.31. The minimum absolute atomic E-state index is 0.467. The zero-order valence-corrected chi connectivity index (χ0v) is 10.4. The van der Waals surface area contributed by atoms with E-state index in [2.05, 4.69) is 30.4 Å². The van der Waals surface area contributed by atoms with Gasteiger partial charge < -0.3 is 10.2 Å². The van der Waals surface area contributed by atoms with E-state index in [1.165, 1.54) is 5.57 Å². The van der Waals surface area contributed by atoms with E-state index in [1.807, 2.05) is 0 Å². The highest BCUT2D eigenvalue weighted by Crippen LogP contribution is 2.36. The lowest BCUT2D eigenvalue weighted by Gasteiger charge is -2.30. The molecule has 0 radical (unpaired) electrons. The SMILES string of the molecule is CCN(C)CCC1=CNC2CCC(F)CC12. The first-order valence-corrected chi connectivity index (χ1v) is 6.48. The Kier molecular flexibility index (Phi) is 3.85. The third-order valence-electron chi connectivity index (χ3n) is 4.07. The maximum Gasteiger partial charge on any atom is 0.101 e. The van der Waals surface area contributed by atoms with E-state index in [-0.39, 0.29) is 0 Å². The topological polar surface area (TPSA) is 15.3 Å². The average molecular weight is 226 g/mol. The Morgan fingerprint density at radius 1 is 1.50 bits per heavy atom. The summed E-state index contributed by atoms with van der Waals surface area (Å²) in [6.07, 6.45) is 5.13. The van der Waals surface area contributed by atoms with Crippen LogP contribution in [0.1, 0.15) is 32.6 Å². The highest BCUT2D eigenvalue weighted by molar-refractivity contribution is 5.18. The molecule has 0 aromatic heterocycles. The summed E-state index contributed by atoms with van der Waals surface area (Å²) < 4.78 is 13.4. The minimum atomic E-state index is -0.576. The van der Waals surface area contributed by atoms with Gasteiger partial charge in [0.15, 0.2) is 0 Å². The summed E-state index contributed by atoms with van der Waals surface area (Å²) in [5, 5.41) is 3.42. The summed E-state index contributed by atoms with van der Waals surface area (Å²) in [6.45, 7) is 4.34. The van der Waals surface area contributed by atoms with Gasteiger partial charge in [-0.2, -0.15) is 0 Å². The number of hydrogen-bond acceptors (Lipinski definition) is 2. The lowest BCUT2D eigenvalue weighted by Crippen LogP contribution is -2.34. The maximum absolute atomic E-state index is 13.4. The summed E-state index contributed by atoms with van der Waals surface area (Å²) in [5.41, 5.74) is 1.44. The summed E-state index contributed by atoms with van der Waals surface area (Å²) >= 11 is 0. The summed E-state index contributed by atoms with van der Waals surface area (Å²) in [6, 6.07) is 0.522. The molecular weight excluding hydrogens is 203 g/mol. The van der Waals surface area contributed by atoms with Gasteiger partial charge in [0.05, 0.1) is 0 Å². The van der Waals surface area contributed by atoms with Crippen molar-refractivity contribution < 1.29 is 4.39 Å².